The average Bonchev–Trinajstić information content (AvgIpc) is 1.94. The third-order valence-corrected chi connectivity index (χ3v) is 18.5. The summed E-state index contributed by atoms with van der Waals surface area (Å²) in [6.45, 7) is 42.8. The molecule has 0 saturated carbocycles. The van der Waals surface area contributed by atoms with E-state index in [1.165, 1.54) is 98.1 Å². The van der Waals surface area contributed by atoms with E-state index in [1.807, 2.05) is 17.5 Å². The van der Waals surface area contributed by atoms with E-state index in [-0.39, 0.29) is 32.5 Å². The van der Waals surface area contributed by atoms with Gasteiger partial charge in [-0.25, -0.2) is 4.98 Å². The number of thiophene rings is 1. The van der Waals surface area contributed by atoms with Crippen molar-refractivity contribution < 1.29 is 4.74 Å². The summed E-state index contributed by atoms with van der Waals surface area (Å²) < 4.78 is 12.0. The fraction of sp³-hybridized carbons (Fsp3) is 0.321. The maximum absolute atomic E-state index is 7.09. The van der Waals surface area contributed by atoms with Crippen LogP contribution in [0.4, 0.5) is 22.7 Å². The van der Waals surface area contributed by atoms with Crippen molar-refractivity contribution in [2.45, 2.75) is 157 Å². The van der Waals surface area contributed by atoms with E-state index in [1.54, 1.807) is 0 Å². The molecule has 0 spiro atoms. The van der Waals surface area contributed by atoms with Gasteiger partial charge in [0.05, 0.1) is 28.1 Å². The van der Waals surface area contributed by atoms with E-state index in [0.29, 0.717) is 6.67 Å². The van der Waals surface area contributed by atoms with Gasteiger partial charge < -0.3 is 14.5 Å². The third kappa shape index (κ3) is 10.2. The second-order valence-electron chi connectivity index (χ2n) is 29.9. The van der Waals surface area contributed by atoms with Crippen LogP contribution in [0.1, 0.15) is 158 Å². The van der Waals surface area contributed by atoms with E-state index in [9.17, 15) is 0 Å². The van der Waals surface area contributed by atoms with Gasteiger partial charge in [0.2, 0.25) is 0 Å². The van der Waals surface area contributed by atoms with Crippen LogP contribution >= 0.6 is 11.3 Å². The standard InChI is InChI=1S/C78H84N4OS/c1-73(2,3)48-30-35-62(77(13,14)15)58(40-48)60-42-51(76(10,11)12)43-61(59-41-49(74(4,5)6)31-36-63(59)78(16,17)18)71(60)81-47-80(64-27-20-21-28-65(64)81)52-24-23-25-53(45-52)83-54-32-33-55-56-34-37-68-70(57-26-19-22-29-67(57)84-68)72(56)82(66(55)46-54)69-44-50(38-39-79-69)75(7,8)9/h19-46H,47H2,1-18H3. The van der Waals surface area contributed by atoms with Crippen LogP contribution < -0.4 is 14.5 Å². The molecule has 0 N–H and O–H groups in total. The largest absolute Gasteiger partial charge is 0.457 e. The summed E-state index contributed by atoms with van der Waals surface area (Å²) >= 11 is 1.85. The van der Waals surface area contributed by atoms with E-state index >= 15 is 0 Å². The van der Waals surface area contributed by atoms with Crippen LogP contribution in [0.2, 0.25) is 0 Å². The van der Waals surface area contributed by atoms with Crippen molar-refractivity contribution >= 4 is 76.1 Å². The van der Waals surface area contributed by atoms with Gasteiger partial charge in [0.25, 0.3) is 0 Å². The normalized spacial score (nSPS) is 13.7. The Kier molecular flexibility index (Phi) is 13.5. The average molecular weight is 1130 g/mol. The molecule has 1 aliphatic heterocycles. The van der Waals surface area contributed by atoms with Gasteiger partial charge in [-0.1, -0.05) is 203 Å². The molecule has 84 heavy (non-hydrogen) atoms. The first-order valence-electron chi connectivity index (χ1n) is 30.2. The van der Waals surface area contributed by atoms with Crippen LogP contribution in [0.5, 0.6) is 11.5 Å². The van der Waals surface area contributed by atoms with E-state index in [2.05, 4.69) is 303 Å². The number of para-hydroxylation sites is 2. The maximum Gasteiger partial charge on any atom is 0.137 e. The van der Waals surface area contributed by atoms with E-state index in [4.69, 9.17) is 9.72 Å². The second kappa shape index (κ2) is 20.0. The van der Waals surface area contributed by atoms with Crippen LogP contribution in [0, 0.1) is 0 Å². The number of anilines is 4. The molecule has 5 nitrogen and oxygen atoms in total. The quantitative estimate of drug-likeness (QED) is 0.159. The lowest BCUT2D eigenvalue weighted by atomic mass is 9.74. The SMILES string of the molecule is CC(C)(C)c1ccnc(-n2c3cc(Oc4cccc(N5CN(c6c(-c7cc(C(C)(C)C)ccc7C(C)(C)C)cc(C(C)(C)C)cc6-c6cc(C(C)(C)C)ccc6C(C)(C)C)c6ccccc65)c4)ccc3c3ccc4sc5ccccc5c4c32)c1. The Bertz CT molecular complexity index is 4300. The van der Waals surface area contributed by atoms with Crippen molar-refractivity contribution in [3.05, 3.63) is 203 Å². The molecule has 0 unspecified atom stereocenters. The Balaban J connectivity index is 1.04. The summed E-state index contributed by atoms with van der Waals surface area (Å²) in [7, 11) is 0. The minimum Gasteiger partial charge on any atom is -0.457 e. The molecule has 0 saturated heterocycles. The Morgan fingerprint density at radius 3 is 1.54 bits per heavy atom. The zero-order valence-corrected chi connectivity index (χ0v) is 53.8. The van der Waals surface area contributed by atoms with Crippen LogP contribution in [0.3, 0.4) is 0 Å². The van der Waals surface area contributed by atoms with Crippen molar-refractivity contribution in [3.8, 4) is 39.6 Å². The fourth-order valence-electron chi connectivity index (χ4n) is 12.6. The molecule has 0 bridgehead atoms. The Morgan fingerprint density at radius 1 is 0.405 bits per heavy atom. The topological polar surface area (TPSA) is 33.5 Å². The number of rotatable bonds is 7. The number of ether oxygens (including phenoxy) is 1. The molecule has 3 aromatic heterocycles. The lowest BCUT2D eigenvalue weighted by Gasteiger charge is -2.34. The monoisotopic (exact) mass is 1120 g/mol. The lowest BCUT2D eigenvalue weighted by Crippen LogP contribution is -2.26. The molecule has 11 aromatic rings. The molecule has 6 heteroatoms. The predicted molar refractivity (Wildman–Crippen MR) is 363 cm³/mol. The lowest BCUT2D eigenvalue weighted by molar-refractivity contribution is 0.483. The van der Waals surface area contributed by atoms with Crippen LogP contribution in [0.15, 0.2) is 170 Å². The molecule has 428 valence electrons. The number of benzene rings is 8. The number of aromatic nitrogens is 2. The van der Waals surface area contributed by atoms with Gasteiger partial charge in [0.15, 0.2) is 0 Å². The van der Waals surface area contributed by atoms with E-state index < -0.39 is 0 Å². The van der Waals surface area contributed by atoms with Gasteiger partial charge in [-0.3, -0.25) is 4.57 Å². The zero-order chi connectivity index (χ0) is 59.8. The van der Waals surface area contributed by atoms with Gasteiger partial charge >= 0.3 is 0 Å². The third-order valence-electron chi connectivity index (χ3n) is 17.4. The minimum absolute atomic E-state index is 0.0594. The summed E-state index contributed by atoms with van der Waals surface area (Å²) in [6, 6.07) is 61.8. The first-order valence-corrected chi connectivity index (χ1v) is 31.0. The van der Waals surface area contributed by atoms with Gasteiger partial charge in [-0.15, -0.1) is 11.3 Å². The first kappa shape index (κ1) is 56.8. The molecule has 12 rings (SSSR count). The number of hydrogen-bond acceptors (Lipinski definition) is 5. The molecule has 0 fully saturated rings. The summed E-state index contributed by atoms with van der Waals surface area (Å²) in [5.74, 6) is 2.43. The highest BCUT2D eigenvalue weighted by molar-refractivity contribution is 7.26. The van der Waals surface area contributed by atoms with Crippen LogP contribution in [-0.4, -0.2) is 16.2 Å². The van der Waals surface area contributed by atoms with Crippen molar-refractivity contribution in [3.63, 3.8) is 0 Å². The predicted octanol–water partition coefficient (Wildman–Crippen LogP) is 22.7. The van der Waals surface area contributed by atoms with Gasteiger partial charge in [-0.05, 0) is 150 Å². The highest BCUT2D eigenvalue weighted by Crippen LogP contribution is 2.55. The zero-order valence-electron chi connectivity index (χ0n) is 53.0. The number of hydrogen-bond donors (Lipinski definition) is 0. The molecule has 0 radical (unpaired) electrons. The molecule has 1 aliphatic rings. The summed E-state index contributed by atoms with van der Waals surface area (Å²) in [5, 5.41) is 4.88. The number of nitrogens with zero attached hydrogens (tertiary/aromatic N) is 4. The smallest absolute Gasteiger partial charge is 0.137 e. The fourth-order valence-corrected chi connectivity index (χ4v) is 13.7. The molecular formula is C78H84N4OS. The number of fused-ring (bicyclic) bond motifs is 8. The highest BCUT2D eigenvalue weighted by Gasteiger charge is 2.36. The minimum atomic E-state index is -0.148. The first-order chi connectivity index (χ1) is 39.4. The van der Waals surface area contributed by atoms with Gasteiger partial charge in [0, 0.05) is 66.1 Å². The van der Waals surface area contributed by atoms with Crippen molar-refractivity contribution in [1.82, 2.24) is 9.55 Å². The van der Waals surface area contributed by atoms with Crippen LogP contribution in [-0.2, 0) is 32.5 Å². The van der Waals surface area contributed by atoms with Crippen molar-refractivity contribution in [2.24, 2.45) is 0 Å². The van der Waals surface area contributed by atoms with Gasteiger partial charge in [0.1, 0.15) is 24.0 Å². The van der Waals surface area contributed by atoms with Gasteiger partial charge in [-0.2, -0.15) is 0 Å². The van der Waals surface area contributed by atoms with Crippen molar-refractivity contribution in [1.29, 1.82) is 0 Å². The Labute approximate surface area is 504 Å². The molecule has 0 atom stereocenters. The Morgan fingerprint density at radius 2 is 0.940 bits per heavy atom. The summed E-state index contributed by atoms with van der Waals surface area (Å²) in [6.07, 6.45) is 1.96. The van der Waals surface area contributed by atoms with E-state index in [0.717, 1.165) is 39.6 Å². The van der Waals surface area contributed by atoms with Crippen LogP contribution in [0.25, 0.3) is 70.0 Å². The summed E-state index contributed by atoms with van der Waals surface area (Å²) in [5.41, 5.74) is 19.1. The molecule has 4 heterocycles. The maximum atomic E-state index is 7.09. The molecule has 0 amide bonds. The Hall–Kier alpha value is -7.67. The highest BCUT2D eigenvalue weighted by atomic mass is 32.1. The van der Waals surface area contributed by atoms with Crippen molar-refractivity contribution in [2.75, 3.05) is 16.5 Å². The molecular weight excluding hydrogens is 1040 g/mol. The molecule has 8 aromatic carbocycles. The molecule has 0 aliphatic carbocycles. The number of pyridine rings is 1. The summed E-state index contributed by atoms with van der Waals surface area (Å²) in [4.78, 5) is 10.2. The second-order valence-corrected chi connectivity index (χ2v) is 31.0.